The number of aliphatic carboxylic acids is 1. The highest BCUT2D eigenvalue weighted by Crippen LogP contribution is 2.35. The van der Waals surface area contributed by atoms with E-state index in [9.17, 15) is 9.59 Å². The molecule has 0 aliphatic heterocycles. The Morgan fingerprint density at radius 3 is 2.44 bits per heavy atom. The number of nitrogens with one attached hydrogen (secondary N) is 2. The largest absolute Gasteiger partial charge is 0.480 e. The molecule has 2 aliphatic carbocycles. The summed E-state index contributed by atoms with van der Waals surface area (Å²) in [5.74, 6) is -0.805. The fraction of sp³-hybridized carbons (Fsp3) is 0.600. The van der Waals surface area contributed by atoms with Crippen molar-refractivity contribution in [3.05, 3.63) is 24.3 Å². The standard InChI is InChI=1S/C20H29N3O3S/c1-2-23(13-19(24)25)16-11-15(12-16)22-20(26)21-14-7-9-18(10-8-14)27-17-5-3-4-6-17/h7-10,15-17H,2-6,11-13H2,1H3,(H,24,25)(H2,21,22,26). The van der Waals surface area contributed by atoms with Crippen molar-refractivity contribution in [3.63, 3.8) is 0 Å². The van der Waals surface area contributed by atoms with E-state index < -0.39 is 5.97 Å². The van der Waals surface area contributed by atoms with Gasteiger partial charge in [-0.3, -0.25) is 9.69 Å². The number of benzene rings is 1. The van der Waals surface area contributed by atoms with Crippen LogP contribution >= 0.6 is 11.8 Å². The molecule has 0 atom stereocenters. The summed E-state index contributed by atoms with van der Waals surface area (Å²) in [5.41, 5.74) is 0.792. The number of carboxylic acid groups (broad SMARTS) is 1. The Labute approximate surface area is 165 Å². The van der Waals surface area contributed by atoms with Crippen molar-refractivity contribution in [2.75, 3.05) is 18.4 Å². The van der Waals surface area contributed by atoms with Crippen molar-refractivity contribution in [1.29, 1.82) is 0 Å². The van der Waals surface area contributed by atoms with Crippen molar-refractivity contribution in [2.24, 2.45) is 0 Å². The van der Waals surface area contributed by atoms with E-state index in [4.69, 9.17) is 5.11 Å². The second-order valence-electron chi connectivity index (χ2n) is 7.43. The molecule has 27 heavy (non-hydrogen) atoms. The summed E-state index contributed by atoms with van der Waals surface area (Å²) in [5, 5.41) is 15.5. The Bertz CT molecular complexity index is 640. The third-order valence-electron chi connectivity index (χ3n) is 5.43. The molecule has 0 aromatic heterocycles. The molecule has 0 heterocycles. The van der Waals surface area contributed by atoms with Crippen LogP contribution in [0.4, 0.5) is 10.5 Å². The first-order valence-electron chi connectivity index (χ1n) is 9.83. The van der Waals surface area contributed by atoms with E-state index >= 15 is 0 Å². The number of anilines is 1. The highest BCUT2D eigenvalue weighted by molar-refractivity contribution is 8.00. The number of hydrogen-bond acceptors (Lipinski definition) is 4. The molecule has 2 amide bonds. The maximum atomic E-state index is 12.2. The van der Waals surface area contributed by atoms with Crippen LogP contribution in [0.5, 0.6) is 0 Å². The van der Waals surface area contributed by atoms with Crippen molar-refractivity contribution in [3.8, 4) is 0 Å². The van der Waals surface area contributed by atoms with Gasteiger partial charge < -0.3 is 15.7 Å². The van der Waals surface area contributed by atoms with Crippen LogP contribution in [0.15, 0.2) is 29.2 Å². The minimum absolute atomic E-state index is 0.0608. The highest BCUT2D eigenvalue weighted by Gasteiger charge is 2.34. The SMILES string of the molecule is CCN(CC(=O)O)C1CC(NC(=O)Nc2ccc(SC3CCCC3)cc2)C1. The van der Waals surface area contributed by atoms with Gasteiger partial charge in [0.1, 0.15) is 0 Å². The van der Waals surface area contributed by atoms with E-state index in [1.807, 2.05) is 35.7 Å². The van der Waals surface area contributed by atoms with E-state index in [2.05, 4.69) is 22.8 Å². The molecular weight excluding hydrogens is 362 g/mol. The van der Waals surface area contributed by atoms with Crippen LogP contribution in [-0.4, -0.2) is 52.4 Å². The quantitative estimate of drug-likeness (QED) is 0.628. The fourth-order valence-corrected chi connectivity index (χ4v) is 5.09. The zero-order chi connectivity index (χ0) is 19.2. The Kier molecular flexibility index (Phi) is 7.01. The molecular formula is C20H29N3O3S. The van der Waals surface area contributed by atoms with Crippen molar-refractivity contribution < 1.29 is 14.7 Å². The maximum Gasteiger partial charge on any atom is 0.319 e. The van der Waals surface area contributed by atoms with Gasteiger partial charge in [0.2, 0.25) is 0 Å². The van der Waals surface area contributed by atoms with Gasteiger partial charge in [-0.25, -0.2) is 4.79 Å². The van der Waals surface area contributed by atoms with Crippen LogP contribution in [0.3, 0.4) is 0 Å². The number of amides is 2. The lowest BCUT2D eigenvalue weighted by atomic mass is 9.85. The Balaban J connectivity index is 1.39. The topological polar surface area (TPSA) is 81.7 Å². The van der Waals surface area contributed by atoms with Gasteiger partial charge in [0.05, 0.1) is 6.54 Å². The van der Waals surface area contributed by atoms with E-state index in [-0.39, 0.29) is 24.7 Å². The van der Waals surface area contributed by atoms with Crippen molar-refractivity contribution in [1.82, 2.24) is 10.2 Å². The van der Waals surface area contributed by atoms with Crippen LogP contribution < -0.4 is 10.6 Å². The van der Waals surface area contributed by atoms with Gasteiger partial charge in [0.15, 0.2) is 0 Å². The monoisotopic (exact) mass is 391 g/mol. The fourth-order valence-electron chi connectivity index (χ4n) is 3.84. The first kappa shape index (κ1) is 20.0. The number of carboxylic acids is 1. The van der Waals surface area contributed by atoms with Gasteiger partial charge in [-0.2, -0.15) is 0 Å². The first-order chi connectivity index (χ1) is 13.0. The average Bonchev–Trinajstić information content (AvgIpc) is 3.10. The number of carbonyl (C=O) groups is 2. The molecule has 7 heteroatoms. The van der Waals surface area contributed by atoms with E-state index in [0.29, 0.717) is 6.54 Å². The zero-order valence-corrected chi connectivity index (χ0v) is 16.6. The normalized spacial score (nSPS) is 22.4. The molecule has 2 aliphatic rings. The summed E-state index contributed by atoms with van der Waals surface area (Å²) >= 11 is 1.94. The summed E-state index contributed by atoms with van der Waals surface area (Å²) in [7, 11) is 0. The van der Waals surface area contributed by atoms with Crippen LogP contribution in [0.2, 0.25) is 0 Å². The van der Waals surface area contributed by atoms with Gasteiger partial charge >= 0.3 is 12.0 Å². The molecule has 0 unspecified atom stereocenters. The Hall–Kier alpha value is -1.73. The Morgan fingerprint density at radius 1 is 1.19 bits per heavy atom. The summed E-state index contributed by atoms with van der Waals surface area (Å²) in [6.45, 7) is 2.73. The van der Waals surface area contributed by atoms with Crippen molar-refractivity contribution in [2.45, 2.75) is 67.7 Å². The maximum absolute atomic E-state index is 12.2. The lowest BCUT2D eigenvalue weighted by Crippen LogP contribution is -2.55. The molecule has 1 aromatic rings. The third-order valence-corrected chi connectivity index (χ3v) is 6.78. The van der Waals surface area contributed by atoms with Crippen LogP contribution in [0, 0.1) is 0 Å². The molecule has 2 fully saturated rings. The second kappa shape index (κ2) is 9.46. The van der Waals surface area contributed by atoms with Gasteiger partial charge in [0.25, 0.3) is 0 Å². The molecule has 1 aromatic carbocycles. The number of thioether (sulfide) groups is 1. The average molecular weight is 392 g/mol. The number of hydrogen-bond donors (Lipinski definition) is 3. The summed E-state index contributed by atoms with van der Waals surface area (Å²) in [6, 6.07) is 8.19. The molecule has 0 bridgehead atoms. The van der Waals surface area contributed by atoms with Gasteiger partial charge in [-0.05, 0) is 56.5 Å². The van der Waals surface area contributed by atoms with Crippen LogP contribution in [0.25, 0.3) is 0 Å². The van der Waals surface area contributed by atoms with Gasteiger partial charge in [-0.15, -0.1) is 11.8 Å². The van der Waals surface area contributed by atoms with Gasteiger partial charge in [-0.1, -0.05) is 19.8 Å². The molecule has 148 valence electrons. The summed E-state index contributed by atoms with van der Waals surface area (Å²) in [4.78, 5) is 26.2. The lowest BCUT2D eigenvalue weighted by molar-refractivity contribution is -0.139. The molecule has 0 spiro atoms. The molecule has 6 nitrogen and oxygen atoms in total. The smallest absolute Gasteiger partial charge is 0.319 e. The summed E-state index contributed by atoms with van der Waals surface area (Å²) < 4.78 is 0. The number of carbonyl (C=O) groups excluding carboxylic acids is 1. The third kappa shape index (κ3) is 5.87. The highest BCUT2D eigenvalue weighted by atomic mass is 32.2. The number of urea groups is 1. The molecule has 0 radical (unpaired) electrons. The first-order valence-corrected chi connectivity index (χ1v) is 10.7. The van der Waals surface area contributed by atoms with Crippen LogP contribution in [0.1, 0.15) is 45.4 Å². The zero-order valence-electron chi connectivity index (χ0n) is 15.8. The minimum atomic E-state index is -0.805. The molecule has 0 saturated heterocycles. The molecule has 3 rings (SSSR count). The number of likely N-dealkylation sites (N-methyl/N-ethyl adjacent to an activating group) is 1. The summed E-state index contributed by atoms with van der Waals surface area (Å²) in [6.07, 6.45) is 6.88. The number of nitrogens with zero attached hydrogens (tertiary/aromatic N) is 1. The predicted octanol–water partition coefficient (Wildman–Crippen LogP) is 3.78. The van der Waals surface area contributed by atoms with E-state index in [1.54, 1.807) is 0 Å². The van der Waals surface area contributed by atoms with Crippen molar-refractivity contribution >= 4 is 29.4 Å². The number of rotatable bonds is 8. The lowest BCUT2D eigenvalue weighted by Gasteiger charge is -2.42. The molecule has 2 saturated carbocycles. The van der Waals surface area contributed by atoms with E-state index in [0.717, 1.165) is 23.8 Å². The van der Waals surface area contributed by atoms with Crippen LogP contribution in [-0.2, 0) is 4.79 Å². The second-order valence-corrected chi connectivity index (χ2v) is 8.80. The van der Waals surface area contributed by atoms with Gasteiger partial charge in [0, 0.05) is 27.9 Å². The molecule has 3 N–H and O–H groups in total. The van der Waals surface area contributed by atoms with E-state index in [1.165, 1.54) is 30.6 Å². The Morgan fingerprint density at radius 2 is 1.85 bits per heavy atom. The minimum Gasteiger partial charge on any atom is -0.480 e. The predicted molar refractivity (Wildman–Crippen MR) is 108 cm³/mol.